The van der Waals surface area contributed by atoms with Crippen molar-refractivity contribution < 1.29 is 18.3 Å². The number of halogens is 3. The van der Waals surface area contributed by atoms with Crippen molar-refractivity contribution in [1.29, 1.82) is 0 Å². The number of hydrogen-bond acceptors (Lipinski definition) is 4. The predicted molar refractivity (Wildman–Crippen MR) is 76.3 cm³/mol. The Morgan fingerprint density at radius 2 is 2.05 bits per heavy atom. The lowest BCUT2D eigenvalue weighted by Gasteiger charge is -2.23. The number of aromatic nitrogens is 1. The van der Waals surface area contributed by atoms with Gasteiger partial charge in [-0.3, -0.25) is 0 Å². The molecule has 21 heavy (non-hydrogen) atoms. The first kappa shape index (κ1) is 15.8. The maximum atomic E-state index is 13.1. The third-order valence-electron chi connectivity index (χ3n) is 3.03. The summed E-state index contributed by atoms with van der Waals surface area (Å²) in [5.74, 6) is 0. The van der Waals surface area contributed by atoms with Crippen LogP contribution in [0.2, 0.25) is 0 Å². The van der Waals surface area contributed by atoms with E-state index in [2.05, 4.69) is 4.98 Å². The highest BCUT2D eigenvalue weighted by Gasteiger charge is 2.34. The van der Waals surface area contributed by atoms with Crippen molar-refractivity contribution in [3.8, 4) is 0 Å². The number of aryl methyl sites for hydroxylation is 1. The molecule has 0 atom stereocenters. The molecule has 3 nitrogen and oxygen atoms in total. The number of aliphatic hydroxyl groups is 1. The highest BCUT2D eigenvalue weighted by molar-refractivity contribution is 7.09. The van der Waals surface area contributed by atoms with Crippen molar-refractivity contribution >= 4 is 17.0 Å². The van der Waals surface area contributed by atoms with Gasteiger partial charge in [-0.15, -0.1) is 11.3 Å². The van der Waals surface area contributed by atoms with Crippen LogP contribution in [0.5, 0.6) is 0 Å². The second-order valence-corrected chi connectivity index (χ2v) is 5.78. The van der Waals surface area contributed by atoms with E-state index in [1.165, 1.54) is 28.4 Å². The summed E-state index contributed by atoms with van der Waals surface area (Å²) in [5, 5.41) is 11.7. The summed E-state index contributed by atoms with van der Waals surface area (Å²) in [6.07, 6.45) is -4.47. The average Bonchev–Trinajstić information content (AvgIpc) is 2.82. The van der Waals surface area contributed by atoms with Gasteiger partial charge >= 0.3 is 6.18 Å². The lowest BCUT2D eigenvalue weighted by atomic mass is 10.1. The number of aliphatic hydroxyl groups excluding tert-OH is 1. The van der Waals surface area contributed by atoms with Crippen molar-refractivity contribution in [2.24, 2.45) is 0 Å². The number of benzene rings is 1. The number of thiazole rings is 1. The minimum absolute atomic E-state index is 0.0744. The molecular weight excluding hydrogens is 301 g/mol. The van der Waals surface area contributed by atoms with E-state index in [1.54, 1.807) is 7.05 Å². The summed E-state index contributed by atoms with van der Waals surface area (Å²) >= 11 is 1.46. The van der Waals surface area contributed by atoms with Crippen LogP contribution >= 0.6 is 11.3 Å². The standard InChI is InChI=1S/C14H15F3N2OS/c1-9-18-11(8-21-9)6-19(2)13-4-3-10(7-20)5-12(13)14(15,16)17/h3-5,8,20H,6-7H2,1-2H3. The van der Waals surface area contributed by atoms with Crippen LogP contribution in [0, 0.1) is 6.92 Å². The van der Waals surface area contributed by atoms with Gasteiger partial charge in [-0.05, 0) is 24.6 Å². The SMILES string of the molecule is Cc1nc(CN(C)c2ccc(CO)cc2C(F)(F)F)cs1. The van der Waals surface area contributed by atoms with Crippen molar-refractivity contribution in [3.05, 3.63) is 45.4 Å². The number of hydrogen-bond donors (Lipinski definition) is 1. The normalized spacial score (nSPS) is 11.7. The summed E-state index contributed by atoms with van der Waals surface area (Å²) in [5.41, 5.74) is 0.303. The molecule has 0 bridgehead atoms. The van der Waals surface area contributed by atoms with Crippen LogP contribution in [-0.2, 0) is 19.3 Å². The van der Waals surface area contributed by atoms with Crippen LogP contribution in [0.15, 0.2) is 23.6 Å². The maximum absolute atomic E-state index is 13.1. The van der Waals surface area contributed by atoms with E-state index < -0.39 is 18.3 Å². The summed E-state index contributed by atoms with van der Waals surface area (Å²) in [4.78, 5) is 5.77. The molecule has 1 N–H and O–H groups in total. The van der Waals surface area contributed by atoms with E-state index in [9.17, 15) is 13.2 Å². The number of alkyl halides is 3. The first-order valence-electron chi connectivity index (χ1n) is 6.24. The minimum atomic E-state index is -4.47. The van der Waals surface area contributed by atoms with Crippen LogP contribution in [0.1, 0.15) is 21.8 Å². The molecule has 0 unspecified atom stereocenters. The summed E-state index contributed by atoms with van der Waals surface area (Å²) in [6.45, 7) is 1.73. The Labute approximate surface area is 124 Å². The number of anilines is 1. The van der Waals surface area contributed by atoms with Crippen LogP contribution < -0.4 is 4.90 Å². The Morgan fingerprint density at radius 1 is 1.33 bits per heavy atom. The first-order valence-corrected chi connectivity index (χ1v) is 7.12. The Hall–Kier alpha value is -1.60. The molecule has 0 radical (unpaired) electrons. The molecule has 0 saturated heterocycles. The summed E-state index contributed by atoms with van der Waals surface area (Å²) in [7, 11) is 1.60. The Balaban J connectivity index is 2.33. The highest BCUT2D eigenvalue weighted by Crippen LogP contribution is 2.37. The molecule has 2 rings (SSSR count). The third-order valence-corrected chi connectivity index (χ3v) is 3.85. The van der Waals surface area contributed by atoms with Gasteiger partial charge in [0.25, 0.3) is 0 Å². The minimum Gasteiger partial charge on any atom is -0.392 e. The van der Waals surface area contributed by atoms with Crippen molar-refractivity contribution in [1.82, 2.24) is 4.98 Å². The van der Waals surface area contributed by atoms with Crippen molar-refractivity contribution in [3.63, 3.8) is 0 Å². The van der Waals surface area contributed by atoms with Gasteiger partial charge in [-0.2, -0.15) is 13.2 Å². The van der Waals surface area contributed by atoms with Gasteiger partial charge in [0.15, 0.2) is 0 Å². The second-order valence-electron chi connectivity index (χ2n) is 4.72. The Bertz CT molecular complexity index is 625. The van der Waals surface area contributed by atoms with Gasteiger partial charge < -0.3 is 10.0 Å². The Kier molecular flexibility index (Phi) is 4.53. The zero-order chi connectivity index (χ0) is 15.6. The molecular formula is C14H15F3N2OS. The predicted octanol–water partition coefficient (Wildman–Crippen LogP) is 3.60. The van der Waals surface area contributed by atoms with Crippen LogP contribution in [0.25, 0.3) is 0 Å². The van der Waals surface area contributed by atoms with Crippen LogP contribution in [0.4, 0.5) is 18.9 Å². The molecule has 1 heterocycles. The molecule has 0 fully saturated rings. The molecule has 1 aromatic heterocycles. The molecule has 114 valence electrons. The fourth-order valence-corrected chi connectivity index (χ4v) is 2.65. The van der Waals surface area contributed by atoms with E-state index in [-0.39, 0.29) is 11.3 Å². The van der Waals surface area contributed by atoms with Gasteiger partial charge in [0.1, 0.15) is 0 Å². The molecule has 0 aliphatic carbocycles. The van der Waals surface area contributed by atoms with Crippen molar-refractivity contribution in [2.75, 3.05) is 11.9 Å². The molecule has 0 aliphatic heterocycles. The second kappa shape index (κ2) is 6.03. The van der Waals surface area contributed by atoms with E-state index in [4.69, 9.17) is 5.11 Å². The molecule has 0 aliphatic rings. The average molecular weight is 316 g/mol. The lowest BCUT2D eigenvalue weighted by molar-refractivity contribution is -0.137. The van der Waals surface area contributed by atoms with E-state index in [0.29, 0.717) is 6.54 Å². The highest BCUT2D eigenvalue weighted by atomic mass is 32.1. The van der Waals surface area contributed by atoms with E-state index in [0.717, 1.165) is 16.8 Å². The van der Waals surface area contributed by atoms with Gasteiger partial charge in [-0.25, -0.2) is 4.98 Å². The molecule has 0 amide bonds. The monoisotopic (exact) mass is 316 g/mol. The quantitative estimate of drug-likeness (QED) is 0.936. The Morgan fingerprint density at radius 3 is 2.57 bits per heavy atom. The summed E-state index contributed by atoms with van der Waals surface area (Å²) in [6, 6.07) is 3.86. The first-order chi connectivity index (χ1) is 9.81. The van der Waals surface area contributed by atoms with Crippen LogP contribution in [0.3, 0.4) is 0 Å². The van der Waals surface area contributed by atoms with Gasteiger partial charge in [0, 0.05) is 18.1 Å². The lowest BCUT2D eigenvalue weighted by Crippen LogP contribution is -2.21. The molecule has 2 aromatic rings. The van der Waals surface area contributed by atoms with Gasteiger partial charge in [0.2, 0.25) is 0 Å². The fourth-order valence-electron chi connectivity index (χ4n) is 2.05. The fraction of sp³-hybridized carbons (Fsp3) is 0.357. The van der Waals surface area contributed by atoms with E-state index >= 15 is 0 Å². The van der Waals surface area contributed by atoms with Gasteiger partial charge in [-0.1, -0.05) is 6.07 Å². The number of nitrogens with zero attached hydrogens (tertiary/aromatic N) is 2. The molecule has 0 saturated carbocycles. The molecule has 0 spiro atoms. The molecule has 1 aromatic carbocycles. The summed E-state index contributed by atoms with van der Waals surface area (Å²) < 4.78 is 39.4. The smallest absolute Gasteiger partial charge is 0.392 e. The third kappa shape index (κ3) is 3.74. The van der Waals surface area contributed by atoms with E-state index in [1.807, 2.05) is 12.3 Å². The maximum Gasteiger partial charge on any atom is 0.418 e. The largest absolute Gasteiger partial charge is 0.418 e. The van der Waals surface area contributed by atoms with Gasteiger partial charge in [0.05, 0.1) is 29.4 Å². The van der Waals surface area contributed by atoms with Crippen molar-refractivity contribution in [2.45, 2.75) is 26.3 Å². The number of rotatable bonds is 4. The topological polar surface area (TPSA) is 36.4 Å². The zero-order valence-corrected chi connectivity index (χ0v) is 12.4. The molecule has 7 heteroatoms. The van der Waals surface area contributed by atoms with Crippen LogP contribution in [-0.4, -0.2) is 17.1 Å². The zero-order valence-electron chi connectivity index (χ0n) is 11.6.